The smallest absolute Gasteiger partial charge is 0.251 e. The van der Waals surface area contributed by atoms with Crippen molar-refractivity contribution >= 4 is 11.6 Å². The van der Waals surface area contributed by atoms with Crippen LogP contribution in [0.2, 0.25) is 0 Å². The summed E-state index contributed by atoms with van der Waals surface area (Å²) >= 11 is 0. The molecule has 0 radical (unpaired) electrons. The van der Waals surface area contributed by atoms with Gasteiger partial charge in [-0.3, -0.25) is 4.79 Å². The highest BCUT2D eigenvalue weighted by atomic mass is 16.1. The number of benzene rings is 1. The van der Waals surface area contributed by atoms with Crippen LogP contribution in [0.5, 0.6) is 0 Å². The summed E-state index contributed by atoms with van der Waals surface area (Å²) in [6.07, 6.45) is 3.30. The van der Waals surface area contributed by atoms with Gasteiger partial charge in [0.1, 0.15) is 0 Å². The van der Waals surface area contributed by atoms with E-state index in [-0.39, 0.29) is 5.91 Å². The molecule has 0 spiro atoms. The second-order valence-corrected chi connectivity index (χ2v) is 5.70. The predicted octanol–water partition coefficient (Wildman–Crippen LogP) is 2.58. The molecule has 0 bridgehead atoms. The maximum Gasteiger partial charge on any atom is 0.251 e. The highest BCUT2D eigenvalue weighted by Crippen LogP contribution is 2.36. The number of amides is 1. The zero-order chi connectivity index (χ0) is 12.5. The number of carbonyl (C=O) groups excluding carboxylic acids is 1. The summed E-state index contributed by atoms with van der Waals surface area (Å²) in [5, 5.41) is 3.08. The first-order valence-electron chi connectivity index (χ1n) is 6.13. The molecular weight excluding hydrogens is 212 g/mol. The molecular formula is C14H20N2O. The van der Waals surface area contributed by atoms with Crippen LogP contribution in [-0.2, 0) is 0 Å². The van der Waals surface area contributed by atoms with Gasteiger partial charge in [0.05, 0.1) is 0 Å². The predicted molar refractivity (Wildman–Crippen MR) is 69.7 cm³/mol. The Morgan fingerprint density at radius 3 is 2.82 bits per heavy atom. The van der Waals surface area contributed by atoms with Crippen molar-refractivity contribution in [3.05, 3.63) is 29.8 Å². The van der Waals surface area contributed by atoms with Gasteiger partial charge in [0.2, 0.25) is 0 Å². The van der Waals surface area contributed by atoms with Gasteiger partial charge in [-0.1, -0.05) is 19.9 Å². The molecule has 1 atom stereocenters. The Labute approximate surface area is 102 Å². The molecule has 1 unspecified atom stereocenters. The topological polar surface area (TPSA) is 55.1 Å². The first-order valence-corrected chi connectivity index (χ1v) is 6.13. The number of carbonyl (C=O) groups is 1. The number of anilines is 1. The highest BCUT2D eigenvalue weighted by Gasteiger charge is 2.31. The van der Waals surface area contributed by atoms with Gasteiger partial charge in [-0.2, -0.15) is 0 Å². The minimum absolute atomic E-state index is 0.0139. The van der Waals surface area contributed by atoms with E-state index in [1.165, 1.54) is 6.42 Å². The molecule has 17 heavy (non-hydrogen) atoms. The van der Waals surface area contributed by atoms with E-state index >= 15 is 0 Å². The van der Waals surface area contributed by atoms with Crippen LogP contribution in [0.3, 0.4) is 0 Å². The molecule has 3 heteroatoms. The van der Waals surface area contributed by atoms with Gasteiger partial charge in [0.25, 0.3) is 5.91 Å². The first kappa shape index (κ1) is 12.0. The fourth-order valence-electron chi connectivity index (χ4n) is 2.51. The Balaban J connectivity index is 1.98. The van der Waals surface area contributed by atoms with Crippen LogP contribution in [0.15, 0.2) is 24.3 Å². The largest absolute Gasteiger partial charge is 0.399 e. The van der Waals surface area contributed by atoms with E-state index in [0.29, 0.717) is 22.7 Å². The third kappa shape index (κ3) is 2.99. The summed E-state index contributed by atoms with van der Waals surface area (Å²) < 4.78 is 0. The second kappa shape index (κ2) is 4.40. The maximum absolute atomic E-state index is 12.0. The molecule has 2 rings (SSSR count). The van der Waals surface area contributed by atoms with E-state index in [2.05, 4.69) is 19.2 Å². The minimum Gasteiger partial charge on any atom is -0.399 e. The molecule has 3 N–H and O–H groups in total. The van der Waals surface area contributed by atoms with E-state index < -0.39 is 0 Å². The third-order valence-electron chi connectivity index (χ3n) is 3.45. The molecule has 0 heterocycles. The Hall–Kier alpha value is -1.51. The van der Waals surface area contributed by atoms with Crippen LogP contribution in [0.25, 0.3) is 0 Å². The normalized spacial score (nSPS) is 22.4. The van der Waals surface area contributed by atoms with Crippen molar-refractivity contribution in [2.45, 2.75) is 39.2 Å². The first-order chi connectivity index (χ1) is 7.96. The monoisotopic (exact) mass is 232 g/mol. The van der Waals surface area contributed by atoms with Gasteiger partial charge in [-0.05, 0) is 42.9 Å². The number of hydrogen-bond donors (Lipinski definition) is 2. The van der Waals surface area contributed by atoms with Crippen LogP contribution in [-0.4, -0.2) is 11.9 Å². The van der Waals surface area contributed by atoms with E-state index in [1.54, 1.807) is 18.2 Å². The maximum atomic E-state index is 12.0. The van der Waals surface area contributed by atoms with Crippen molar-refractivity contribution in [1.82, 2.24) is 5.32 Å². The lowest BCUT2D eigenvalue weighted by atomic mass is 9.92. The number of hydrogen-bond acceptors (Lipinski definition) is 2. The molecule has 3 nitrogen and oxygen atoms in total. The molecule has 1 aliphatic rings. The van der Waals surface area contributed by atoms with Crippen molar-refractivity contribution in [3.63, 3.8) is 0 Å². The Kier molecular flexibility index (Phi) is 3.09. The number of nitrogens with two attached hydrogens (primary N) is 1. The lowest BCUT2D eigenvalue weighted by Gasteiger charge is -2.17. The summed E-state index contributed by atoms with van der Waals surface area (Å²) in [5.41, 5.74) is 7.30. The molecule has 1 fully saturated rings. The quantitative estimate of drug-likeness (QED) is 0.770. The van der Waals surface area contributed by atoms with Crippen molar-refractivity contribution in [1.29, 1.82) is 0 Å². The zero-order valence-corrected chi connectivity index (χ0v) is 10.5. The molecule has 1 aromatic rings. The summed E-state index contributed by atoms with van der Waals surface area (Å²) in [7, 11) is 0. The van der Waals surface area contributed by atoms with Crippen LogP contribution < -0.4 is 11.1 Å². The van der Waals surface area contributed by atoms with Crippen LogP contribution in [0, 0.1) is 5.41 Å². The van der Waals surface area contributed by atoms with Crippen LogP contribution in [0.1, 0.15) is 43.5 Å². The SMILES string of the molecule is CC1(C)CCC(NC(=O)c2cccc(N)c2)C1. The molecule has 0 saturated heterocycles. The summed E-state index contributed by atoms with van der Waals surface area (Å²) in [4.78, 5) is 12.0. The van der Waals surface area contributed by atoms with Crippen molar-refractivity contribution < 1.29 is 4.79 Å². The van der Waals surface area contributed by atoms with Gasteiger partial charge >= 0.3 is 0 Å². The van der Waals surface area contributed by atoms with Gasteiger partial charge < -0.3 is 11.1 Å². The second-order valence-electron chi connectivity index (χ2n) is 5.70. The van der Waals surface area contributed by atoms with E-state index in [9.17, 15) is 4.79 Å². The van der Waals surface area contributed by atoms with Crippen molar-refractivity contribution in [3.8, 4) is 0 Å². The molecule has 1 aromatic carbocycles. The van der Waals surface area contributed by atoms with E-state index in [1.807, 2.05) is 6.07 Å². The van der Waals surface area contributed by atoms with Gasteiger partial charge in [-0.15, -0.1) is 0 Å². The fraction of sp³-hybridized carbons (Fsp3) is 0.500. The fourth-order valence-corrected chi connectivity index (χ4v) is 2.51. The molecule has 1 aliphatic carbocycles. The average molecular weight is 232 g/mol. The average Bonchev–Trinajstić information content (AvgIpc) is 2.58. The van der Waals surface area contributed by atoms with E-state index in [4.69, 9.17) is 5.73 Å². The zero-order valence-electron chi connectivity index (χ0n) is 10.5. The van der Waals surface area contributed by atoms with Gasteiger partial charge in [-0.25, -0.2) is 0 Å². The lowest BCUT2D eigenvalue weighted by molar-refractivity contribution is 0.0936. The Bertz CT molecular complexity index is 426. The summed E-state index contributed by atoms with van der Waals surface area (Å²) in [5.74, 6) is -0.0139. The number of nitrogens with one attached hydrogen (secondary N) is 1. The van der Waals surface area contributed by atoms with E-state index in [0.717, 1.165) is 12.8 Å². The summed E-state index contributed by atoms with van der Waals surface area (Å²) in [6.45, 7) is 4.50. The van der Waals surface area contributed by atoms with Gasteiger partial charge in [0, 0.05) is 17.3 Å². The highest BCUT2D eigenvalue weighted by molar-refractivity contribution is 5.95. The molecule has 0 aliphatic heterocycles. The van der Waals surface area contributed by atoms with Crippen LogP contribution >= 0.6 is 0 Å². The standard InChI is InChI=1S/C14H20N2O/c1-14(2)7-6-12(9-14)16-13(17)10-4-3-5-11(15)8-10/h3-5,8,12H,6-7,9,15H2,1-2H3,(H,16,17). The molecule has 1 saturated carbocycles. The van der Waals surface area contributed by atoms with Crippen molar-refractivity contribution in [2.24, 2.45) is 5.41 Å². The van der Waals surface area contributed by atoms with Crippen LogP contribution in [0.4, 0.5) is 5.69 Å². The molecule has 0 aromatic heterocycles. The number of rotatable bonds is 2. The summed E-state index contributed by atoms with van der Waals surface area (Å²) in [6, 6.07) is 7.42. The Morgan fingerprint density at radius 2 is 2.24 bits per heavy atom. The van der Waals surface area contributed by atoms with Crippen molar-refractivity contribution in [2.75, 3.05) is 5.73 Å². The number of nitrogen functional groups attached to an aromatic ring is 1. The Morgan fingerprint density at radius 1 is 1.47 bits per heavy atom. The third-order valence-corrected chi connectivity index (χ3v) is 3.45. The molecule has 1 amide bonds. The van der Waals surface area contributed by atoms with Gasteiger partial charge in [0.15, 0.2) is 0 Å². The minimum atomic E-state index is -0.0139. The lowest BCUT2D eigenvalue weighted by Crippen LogP contribution is -2.33. The molecule has 92 valence electrons.